The van der Waals surface area contributed by atoms with Crippen LogP contribution in [0.25, 0.3) is 0 Å². The molecule has 0 aromatic carbocycles. The van der Waals surface area contributed by atoms with Gasteiger partial charge < -0.3 is 5.11 Å². The summed E-state index contributed by atoms with van der Waals surface area (Å²) in [5, 5.41) is 8.83. The highest BCUT2D eigenvalue weighted by molar-refractivity contribution is 7.87. The van der Waals surface area contributed by atoms with Crippen LogP contribution in [0.5, 0.6) is 0 Å². The van der Waals surface area contributed by atoms with Crippen LogP contribution < -0.4 is 4.72 Å². The molecule has 1 fully saturated rings. The number of rotatable bonds is 6. The van der Waals surface area contributed by atoms with Crippen LogP contribution in [-0.4, -0.2) is 43.6 Å². The Hall–Kier alpha value is -0.170. The Morgan fingerprint density at radius 3 is 2.44 bits per heavy atom. The molecule has 2 N–H and O–H groups in total. The fourth-order valence-electron chi connectivity index (χ4n) is 1.89. The first kappa shape index (κ1) is 13.9. The summed E-state index contributed by atoms with van der Waals surface area (Å²) in [4.78, 5) is 0. The number of aliphatic hydroxyl groups excluding tert-OH is 1. The summed E-state index contributed by atoms with van der Waals surface area (Å²) in [5.41, 5.74) is 0. The zero-order valence-electron chi connectivity index (χ0n) is 9.85. The molecular weight excluding hydrogens is 228 g/mol. The molecular formula is C10H22N2O3S. The molecule has 1 atom stereocenters. The Kier molecular flexibility index (Phi) is 5.68. The van der Waals surface area contributed by atoms with Gasteiger partial charge in [-0.05, 0) is 25.7 Å². The van der Waals surface area contributed by atoms with Crippen molar-refractivity contribution in [1.29, 1.82) is 0 Å². The Morgan fingerprint density at radius 2 is 1.94 bits per heavy atom. The maximum absolute atomic E-state index is 12.0. The van der Waals surface area contributed by atoms with Crippen LogP contribution in [0, 0.1) is 0 Å². The van der Waals surface area contributed by atoms with Gasteiger partial charge in [0.05, 0.1) is 0 Å². The van der Waals surface area contributed by atoms with E-state index in [0.29, 0.717) is 25.9 Å². The molecule has 1 rings (SSSR count). The van der Waals surface area contributed by atoms with Gasteiger partial charge in [0.1, 0.15) is 0 Å². The number of piperidine rings is 1. The van der Waals surface area contributed by atoms with Crippen LogP contribution in [0.3, 0.4) is 0 Å². The standard InChI is InChI=1S/C10H22N2O3S/c1-2-10(6-9-13)11-16(14,15)12-7-4-3-5-8-12/h10-11,13H,2-9H2,1H3. The van der Waals surface area contributed by atoms with Crippen LogP contribution >= 0.6 is 0 Å². The Balaban J connectivity index is 2.54. The molecule has 1 heterocycles. The second-order valence-electron chi connectivity index (χ2n) is 4.20. The molecule has 0 aliphatic carbocycles. The maximum atomic E-state index is 12.0. The molecule has 0 amide bonds. The monoisotopic (exact) mass is 250 g/mol. The third-order valence-corrected chi connectivity index (χ3v) is 4.62. The van der Waals surface area contributed by atoms with Gasteiger partial charge >= 0.3 is 0 Å². The van der Waals surface area contributed by atoms with E-state index in [1.165, 1.54) is 4.31 Å². The van der Waals surface area contributed by atoms with Gasteiger partial charge in [-0.3, -0.25) is 0 Å². The maximum Gasteiger partial charge on any atom is 0.279 e. The van der Waals surface area contributed by atoms with Gasteiger partial charge in [-0.2, -0.15) is 17.4 Å². The summed E-state index contributed by atoms with van der Waals surface area (Å²) in [7, 11) is -3.34. The largest absolute Gasteiger partial charge is 0.396 e. The molecule has 6 heteroatoms. The molecule has 1 aliphatic heterocycles. The van der Waals surface area contributed by atoms with Crippen LogP contribution in [0.15, 0.2) is 0 Å². The summed E-state index contributed by atoms with van der Waals surface area (Å²) in [6.45, 7) is 3.16. The predicted octanol–water partition coefficient (Wildman–Crippen LogP) is 0.468. The molecule has 5 nitrogen and oxygen atoms in total. The average molecular weight is 250 g/mol. The van der Waals surface area contributed by atoms with Crippen molar-refractivity contribution in [2.24, 2.45) is 0 Å². The molecule has 0 aromatic heterocycles. The summed E-state index contributed by atoms with van der Waals surface area (Å²) < 4.78 is 28.1. The van der Waals surface area contributed by atoms with Crippen LogP contribution in [0.4, 0.5) is 0 Å². The lowest BCUT2D eigenvalue weighted by molar-refractivity contribution is 0.267. The second kappa shape index (κ2) is 6.54. The van der Waals surface area contributed by atoms with E-state index in [4.69, 9.17) is 5.11 Å². The van der Waals surface area contributed by atoms with Crippen molar-refractivity contribution in [3.8, 4) is 0 Å². The summed E-state index contributed by atoms with van der Waals surface area (Å²) in [6, 6.07) is -0.156. The second-order valence-corrected chi connectivity index (χ2v) is 5.90. The number of hydrogen-bond donors (Lipinski definition) is 2. The highest BCUT2D eigenvalue weighted by Crippen LogP contribution is 2.13. The zero-order chi connectivity index (χ0) is 12.0. The van der Waals surface area contributed by atoms with Crippen LogP contribution in [0.1, 0.15) is 39.0 Å². The number of aliphatic hydroxyl groups is 1. The lowest BCUT2D eigenvalue weighted by Crippen LogP contribution is -2.47. The van der Waals surface area contributed by atoms with E-state index in [1.54, 1.807) is 0 Å². The third-order valence-electron chi connectivity index (χ3n) is 2.94. The molecule has 16 heavy (non-hydrogen) atoms. The van der Waals surface area contributed by atoms with Crippen LogP contribution in [-0.2, 0) is 10.2 Å². The number of nitrogens with zero attached hydrogens (tertiary/aromatic N) is 1. The first-order valence-electron chi connectivity index (χ1n) is 5.98. The van der Waals surface area contributed by atoms with E-state index in [0.717, 1.165) is 19.3 Å². The summed E-state index contributed by atoms with van der Waals surface area (Å²) >= 11 is 0. The molecule has 0 bridgehead atoms. The van der Waals surface area contributed by atoms with Gasteiger partial charge in [-0.1, -0.05) is 13.3 Å². The quantitative estimate of drug-likeness (QED) is 0.720. The van der Waals surface area contributed by atoms with Gasteiger partial charge in [0.25, 0.3) is 10.2 Å². The SMILES string of the molecule is CCC(CCO)NS(=O)(=O)N1CCCCC1. The highest BCUT2D eigenvalue weighted by Gasteiger charge is 2.25. The normalized spacial score (nSPS) is 20.9. The van der Waals surface area contributed by atoms with E-state index in [1.807, 2.05) is 6.92 Å². The third kappa shape index (κ3) is 4.01. The first-order valence-corrected chi connectivity index (χ1v) is 7.42. The van der Waals surface area contributed by atoms with Gasteiger partial charge in [0, 0.05) is 25.7 Å². The Labute approximate surface area is 98.0 Å². The van der Waals surface area contributed by atoms with E-state index < -0.39 is 10.2 Å². The number of hydrogen-bond acceptors (Lipinski definition) is 3. The Morgan fingerprint density at radius 1 is 1.31 bits per heavy atom. The molecule has 0 aromatic rings. The summed E-state index contributed by atoms with van der Waals surface area (Å²) in [5.74, 6) is 0. The van der Waals surface area contributed by atoms with E-state index in [9.17, 15) is 8.42 Å². The van der Waals surface area contributed by atoms with Crippen molar-refractivity contribution in [1.82, 2.24) is 9.03 Å². The van der Waals surface area contributed by atoms with Crippen molar-refractivity contribution in [2.75, 3.05) is 19.7 Å². The van der Waals surface area contributed by atoms with Crippen molar-refractivity contribution in [3.63, 3.8) is 0 Å². The Bertz CT molecular complexity index is 286. The molecule has 1 aliphatic rings. The van der Waals surface area contributed by atoms with Crippen LogP contribution in [0.2, 0.25) is 0 Å². The minimum atomic E-state index is -3.34. The minimum Gasteiger partial charge on any atom is -0.396 e. The average Bonchev–Trinajstić information content (AvgIpc) is 2.29. The summed E-state index contributed by atoms with van der Waals surface area (Å²) in [6.07, 6.45) is 4.17. The molecule has 96 valence electrons. The van der Waals surface area contributed by atoms with Crippen molar-refractivity contribution >= 4 is 10.2 Å². The molecule has 0 spiro atoms. The minimum absolute atomic E-state index is 0.0149. The van der Waals surface area contributed by atoms with E-state index in [-0.39, 0.29) is 12.6 Å². The highest BCUT2D eigenvalue weighted by atomic mass is 32.2. The number of nitrogens with one attached hydrogen (secondary N) is 1. The van der Waals surface area contributed by atoms with Gasteiger partial charge in [-0.15, -0.1) is 0 Å². The van der Waals surface area contributed by atoms with Gasteiger partial charge in [0.15, 0.2) is 0 Å². The molecule has 1 saturated heterocycles. The topological polar surface area (TPSA) is 69.6 Å². The fourth-order valence-corrected chi connectivity index (χ4v) is 3.49. The fraction of sp³-hybridized carbons (Fsp3) is 1.00. The van der Waals surface area contributed by atoms with Gasteiger partial charge in [-0.25, -0.2) is 0 Å². The molecule has 0 radical (unpaired) electrons. The van der Waals surface area contributed by atoms with E-state index in [2.05, 4.69) is 4.72 Å². The van der Waals surface area contributed by atoms with Gasteiger partial charge in [0.2, 0.25) is 0 Å². The first-order chi connectivity index (χ1) is 7.60. The van der Waals surface area contributed by atoms with Crippen molar-refractivity contribution in [3.05, 3.63) is 0 Å². The smallest absolute Gasteiger partial charge is 0.279 e. The van der Waals surface area contributed by atoms with Crippen molar-refractivity contribution in [2.45, 2.75) is 45.1 Å². The molecule has 1 unspecified atom stereocenters. The zero-order valence-corrected chi connectivity index (χ0v) is 10.7. The lowest BCUT2D eigenvalue weighted by atomic mass is 10.2. The molecule has 0 saturated carbocycles. The van der Waals surface area contributed by atoms with E-state index >= 15 is 0 Å². The predicted molar refractivity (Wildman–Crippen MR) is 63.3 cm³/mol. The van der Waals surface area contributed by atoms with Crippen molar-refractivity contribution < 1.29 is 13.5 Å². The lowest BCUT2D eigenvalue weighted by Gasteiger charge is -2.28.